The second kappa shape index (κ2) is 6.62. The largest absolute Gasteiger partial charge is 0.480 e. The Morgan fingerprint density at radius 1 is 1.43 bits per heavy atom. The van der Waals surface area contributed by atoms with Crippen LogP contribution in [0.15, 0.2) is 41.5 Å². The maximum atomic E-state index is 12.2. The van der Waals surface area contributed by atoms with E-state index in [1.54, 1.807) is 0 Å². The third-order valence-corrected chi connectivity index (χ3v) is 3.77. The van der Waals surface area contributed by atoms with Gasteiger partial charge >= 0.3 is 5.97 Å². The third-order valence-electron chi connectivity index (χ3n) is 3.77. The highest BCUT2D eigenvalue weighted by Gasteiger charge is 2.20. The van der Waals surface area contributed by atoms with E-state index in [2.05, 4.69) is 16.4 Å². The summed E-state index contributed by atoms with van der Waals surface area (Å²) in [6.07, 6.45) is 3.48. The molecule has 3 rings (SSSR count). The summed E-state index contributed by atoms with van der Waals surface area (Å²) in [6, 6.07) is 8.05. The van der Waals surface area contributed by atoms with Crippen molar-refractivity contribution < 1.29 is 14.6 Å². The quantitative estimate of drug-likeness (QED) is 0.857. The number of hydrogen-bond acceptors (Lipinski definition) is 5. The zero-order chi connectivity index (χ0) is 16.2. The molecule has 0 saturated heterocycles. The van der Waals surface area contributed by atoms with Crippen LogP contribution in [0, 0.1) is 0 Å². The van der Waals surface area contributed by atoms with Crippen molar-refractivity contribution in [2.75, 3.05) is 18.5 Å². The normalized spacial score (nSPS) is 16.6. The molecule has 0 fully saturated rings. The molecule has 1 aliphatic heterocycles. The molecule has 2 N–H and O–H groups in total. The summed E-state index contributed by atoms with van der Waals surface area (Å²) in [4.78, 5) is 26.9. The van der Waals surface area contributed by atoms with E-state index in [4.69, 9.17) is 9.84 Å². The van der Waals surface area contributed by atoms with Gasteiger partial charge in [0, 0.05) is 18.9 Å². The van der Waals surface area contributed by atoms with Crippen molar-refractivity contribution in [1.82, 2.24) is 9.55 Å². The lowest BCUT2D eigenvalue weighted by Crippen LogP contribution is -2.29. The molecule has 7 nitrogen and oxygen atoms in total. The molecule has 1 atom stereocenters. The smallest absolute Gasteiger partial charge is 0.323 e. The lowest BCUT2D eigenvalue weighted by Gasteiger charge is -2.26. The molecule has 0 radical (unpaired) electrons. The van der Waals surface area contributed by atoms with Crippen molar-refractivity contribution in [1.29, 1.82) is 0 Å². The summed E-state index contributed by atoms with van der Waals surface area (Å²) in [5.74, 6) is -0.950. The number of hydrogen-bond donors (Lipinski definition) is 2. The molecule has 1 aliphatic rings. The van der Waals surface area contributed by atoms with Crippen LogP contribution in [0.5, 0.6) is 0 Å². The molecule has 23 heavy (non-hydrogen) atoms. The number of anilines is 1. The van der Waals surface area contributed by atoms with Gasteiger partial charge in [0.1, 0.15) is 6.54 Å². The van der Waals surface area contributed by atoms with Crippen molar-refractivity contribution in [3.63, 3.8) is 0 Å². The lowest BCUT2D eigenvalue weighted by atomic mass is 9.97. The minimum absolute atomic E-state index is 0.125. The zero-order valence-electron chi connectivity index (χ0n) is 12.4. The Hall–Kier alpha value is -2.67. The number of benzene rings is 1. The molecular formula is C16H17N3O4. The van der Waals surface area contributed by atoms with E-state index < -0.39 is 18.1 Å². The van der Waals surface area contributed by atoms with Crippen LogP contribution in [0.2, 0.25) is 0 Å². The van der Waals surface area contributed by atoms with Crippen LogP contribution in [0.25, 0.3) is 0 Å². The van der Waals surface area contributed by atoms with Crippen molar-refractivity contribution >= 4 is 11.8 Å². The molecule has 7 heteroatoms. The minimum Gasteiger partial charge on any atom is -0.480 e. The van der Waals surface area contributed by atoms with Crippen molar-refractivity contribution in [3.05, 3.63) is 58.1 Å². The highest BCUT2D eigenvalue weighted by atomic mass is 16.5. The molecule has 0 amide bonds. The zero-order valence-corrected chi connectivity index (χ0v) is 12.4. The minimum atomic E-state index is -1.08. The molecule has 0 saturated carbocycles. The third kappa shape index (κ3) is 3.40. The molecule has 0 bridgehead atoms. The Balaban J connectivity index is 1.75. The first kappa shape index (κ1) is 15.2. The van der Waals surface area contributed by atoms with Crippen molar-refractivity contribution in [2.45, 2.75) is 19.1 Å². The summed E-state index contributed by atoms with van der Waals surface area (Å²) in [6.45, 7) is 0.643. The van der Waals surface area contributed by atoms with Crippen LogP contribution in [-0.2, 0) is 22.5 Å². The first-order chi connectivity index (χ1) is 11.1. The Morgan fingerprint density at radius 2 is 2.26 bits per heavy atom. The molecule has 0 aliphatic carbocycles. The Kier molecular flexibility index (Phi) is 4.38. The highest BCUT2D eigenvalue weighted by molar-refractivity contribution is 5.66. The summed E-state index contributed by atoms with van der Waals surface area (Å²) in [7, 11) is 0. The van der Waals surface area contributed by atoms with Gasteiger partial charge in [-0.3, -0.25) is 14.2 Å². The summed E-state index contributed by atoms with van der Waals surface area (Å²) in [5.41, 5.74) is 1.89. The lowest BCUT2D eigenvalue weighted by molar-refractivity contribution is -0.137. The first-order valence-electron chi connectivity index (χ1n) is 7.35. The molecular weight excluding hydrogens is 298 g/mol. The van der Waals surface area contributed by atoms with Crippen LogP contribution >= 0.6 is 0 Å². The molecule has 2 heterocycles. The SMILES string of the molecule is O=C(O)Cn1ccnc(NCC2OCCc3ccccc32)c1=O. The first-order valence-corrected chi connectivity index (χ1v) is 7.35. The Morgan fingerprint density at radius 3 is 3.09 bits per heavy atom. The number of aromatic nitrogens is 2. The Labute approximate surface area is 132 Å². The number of fused-ring (bicyclic) bond motifs is 1. The predicted octanol–water partition coefficient (Wildman–Crippen LogP) is 1.05. The number of aliphatic carboxylic acids is 1. The maximum absolute atomic E-state index is 12.2. The van der Waals surface area contributed by atoms with E-state index in [0.717, 1.165) is 16.6 Å². The van der Waals surface area contributed by atoms with Gasteiger partial charge in [0.05, 0.1) is 12.7 Å². The number of ether oxygens (including phenoxy) is 1. The number of carboxylic acids is 1. The van der Waals surface area contributed by atoms with Gasteiger partial charge in [-0.2, -0.15) is 0 Å². The molecule has 1 aromatic heterocycles. The van der Waals surface area contributed by atoms with Gasteiger partial charge < -0.3 is 15.2 Å². The molecule has 0 spiro atoms. The number of nitrogens with zero attached hydrogens (tertiary/aromatic N) is 2. The summed E-state index contributed by atoms with van der Waals surface area (Å²) >= 11 is 0. The van der Waals surface area contributed by atoms with Crippen LogP contribution in [0.3, 0.4) is 0 Å². The van der Waals surface area contributed by atoms with Gasteiger partial charge in [0.15, 0.2) is 5.82 Å². The van der Waals surface area contributed by atoms with E-state index in [1.807, 2.05) is 18.2 Å². The molecule has 2 aromatic rings. The fourth-order valence-electron chi connectivity index (χ4n) is 2.67. The van der Waals surface area contributed by atoms with E-state index in [0.29, 0.717) is 13.2 Å². The van der Waals surface area contributed by atoms with Gasteiger partial charge in [-0.15, -0.1) is 0 Å². The fraction of sp³-hybridized carbons (Fsp3) is 0.312. The van der Waals surface area contributed by atoms with E-state index in [1.165, 1.54) is 18.0 Å². The Bertz CT molecular complexity index is 772. The highest BCUT2D eigenvalue weighted by Crippen LogP contribution is 2.26. The average Bonchev–Trinajstić information content (AvgIpc) is 2.55. The molecule has 1 unspecified atom stereocenters. The predicted molar refractivity (Wildman–Crippen MR) is 83.5 cm³/mol. The van der Waals surface area contributed by atoms with Crippen LogP contribution < -0.4 is 10.9 Å². The standard InChI is InChI=1S/C16H17N3O4/c20-14(21)10-19-7-6-17-15(16(19)22)18-9-13-12-4-2-1-3-11(12)5-8-23-13/h1-4,6-7,13H,5,8-10H2,(H,17,18)(H,20,21). The maximum Gasteiger partial charge on any atom is 0.323 e. The van der Waals surface area contributed by atoms with Crippen LogP contribution in [-0.4, -0.2) is 33.8 Å². The average molecular weight is 315 g/mol. The van der Waals surface area contributed by atoms with Gasteiger partial charge in [-0.25, -0.2) is 4.98 Å². The number of carboxylic acid groups (broad SMARTS) is 1. The number of nitrogens with one attached hydrogen (secondary N) is 1. The second-order valence-corrected chi connectivity index (χ2v) is 5.29. The number of carbonyl (C=O) groups is 1. The van der Waals surface area contributed by atoms with Gasteiger partial charge in [0.2, 0.25) is 0 Å². The van der Waals surface area contributed by atoms with E-state index in [9.17, 15) is 9.59 Å². The fourth-order valence-corrected chi connectivity index (χ4v) is 2.67. The monoisotopic (exact) mass is 315 g/mol. The van der Waals surface area contributed by atoms with Crippen molar-refractivity contribution in [2.24, 2.45) is 0 Å². The van der Waals surface area contributed by atoms with E-state index in [-0.39, 0.29) is 11.9 Å². The second-order valence-electron chi connectivity index (χ2n) is 5.29. The van der Waals surface area contributed by atoms with Crippen LogP contribution in [0.4, 0.5) is 5.82 Å². The van der Waals surface area contributed by atoms with Crippen molar-refractivity contribution in [3.8, 4) is 0 Å². The summed E-state index contributed by atoms with van der Waals surface area (Å²) < 4.78 is 6.87. The molecule has 120 valence electrons. The summed E-state index contributed by atoms with van der Waals surface area (Å²) in [5, 5.41) is 11.8. The van der Waals surface area contributed by atoms with E-state index >= 15 is 0 Å². The molecule has 1 aromatic carbocycles. The number of rotatable bonds is 5. The van der Waals surface area contributed by atoms with Gasteiger partial charge in [-0.1, -0.05) is 24.3 Å². The topological polar surface area (TPSA) is 93.4 Å². The van der Waals surface area contributed by atoms with Gasteiger partial charge in [0.25, 0.3) is 5.56 Å². The van der Waals surface area contributed by atoms with Gasteiger partial charge in [-0.05, 0) is 17.5 Å². The van der Waals surface area contributed by atoms with Crippen LogP contribution in [0.1, 0.15) is 17.2 Å².